The van der Waals surface area contributed by atoms with Gasteiger partial charge in [0.1, 0.15) is 18.1 Å². The molecule has 1 fully saturated rings. The number of likely N-dealkylation sites (tertiary alicyclic amines) is 1. The van der Waals surface area contributed by atoms with Gasteiger partial charge in [-0.3, -0.25) is 24.0 Å². The molecule has 1 aliphatic heterocycles. The molecule has 0 bridgehead atoms. The van der Waals surface area contributed by atoms with Crippen LogP contribution in [0.2, 0.25) is 0 Å². The lowest BCUT2D eigenvalue weighted by Gasteiger charge is -2.28. The number of carboxylic acid groups (broad SMARTS) is 1. The Bertz CT molecular complexity index is 772. The number of hydrogen-bond acceptors (Lipinski definition) is 7. The van der Waals surface area contributed by atoms with Gasteiger partial charge < -0.3 is 37.8 Å². The van der Waals surface area contributed by atoms with Crippen LogP contribution in [-0.2, 0) is 28.8 Å². The third kappa shape index (κ3) is 9.04. The Morgan fingerprint density at radius 3 is 2.18 bits per heavy atom. The van der Waals surface area contributed by atoms with Crippen molar-refractivity contribution >= 4 is 35.5 Å². The highest BCUT2D eigenvalue weighted by Crippen LogP contribution is 2.19. The second-order valence-corrected chi connectivity index (χ2v) is 8.56. The first-order valence-corrected chi connectivity index (χ1v) is 10.8. The molecule has 33 heavy (non-hydrogen) atoms. The molecule has 5 amide bonds. The van der Waals surface area contributed by atoms with Gasteiger partial charge in [-0.1, -0.05) is 13.8 Å². The number of aliphatic carboxylic acids is 1. The van der Waals surface area contributed by atoms with Crippen LogP contribution < -0.4 is 27.8 Å². The summed E-state index contributed by atoms with van der Waals surface area (Å²) < 4.78 is 0. The van der Waals surface area contributed by atoms with E-state index in [4.69, 9.17) is 17.2 Å². The van der Waals surface area contributed by atoms with Crippen molar-refractivity contribution in [2.45, 2.75) is 76.5 Å². The highest BCUT2D eigenvalue weighted by Gasteiger charge is 2.38. The molecule has 0 saturated carbocycles. The lowest BCUT2D eigenvalue weighted by Crippen LogP contribution is -2.57. The third-order valence-corrected chi connectivity index (χ3v) is 5.21. The molecule has 1 heterocycles. The zero-order valence-electron chi connectivity index (χ0n) is 18.9. The van der Waals surface area contributed by atoms with Crippen molar-refractivity contribution in [3.8, 4) is 0 Å². The van der Waals surface area contributed by atoms with Gasteiger partial charge in [-0.15, -0.1) is 0 Å². The Balaban J connectivity index is 2.95. The van der Waals surface area contributed by atoms with Gasteiger partial charge in [0.05, 0.1) is 12.5 Å². The van der Waals surface area contributed by atoms with Gasteiger partial charge in [0.2, 0.25) is 29.5 Å². The van der Waals surface area contributed by atoms with Crippen molar-refractivity contribution < 1.29 is 33.9 Å². The number of hydrogen-bond donors (Lipinski definition) is 6. The molecule has 13 nitrogen and oxygen atoms in total. The van der Waals surface area contributed by atoms with E-state index in [1.54, 1.807) is 13.8 Å². The first kappa shape index (κ1) is 27.8. The fourth-order valence-electron chi connectivity index (χ4n) is 3.61. The topological polar surface area (TPSA) is 228 Å². The number of amides is 5. The van der Waals surface area contributed by atoms with Gasteiger partial charge in [-0.05, 0) is 31.6 Å². The Kier molecular flexibility index (Phi) is 10.7. The summed E-state index contributed by atoms with van der Waals surface area (Å²) >= 11 is 0. The monoisotopic (exact) mass is 470 g/mol. The van der Waals surface area contributed by atoms with E-state index >= 15 is 0 Å². The predicted molar refractivity (Wildman–Crippen MR) is 116 cm³/mol. The summed E-state index contributed by atoms with van der Waals surface area (Å²) in [5.74, 6) is -4.76. The molecule has 0 aliphatic carbocycles. The molecule has 9 N–H and O–H groups in total. The second-order valence-electron chi connectivity index (χ2n) is 8.56. The second kappa shape index (κ2) is 12.7. The first-order valence-electron chi connectivity index (χ1n) is 10.8. The number of carbonyl (C=O) groups excluding carboxylic acids is 5. The van der Waals surface area contributed by atoms with E-state index in [1.165, 1.54) is 4.90 Å². The molecule has 1 rings (SSSR count). The zero-order chi connectivity index (χ0) is 25.3. The van der Waals surface area contributed by atoms with Crippen molar-refractivity contribution in [3.63, 3.8) is 0 Å². The minimum Gasteiger partial charge on any atom is -0.480 e. The molecule has 1 saturated heterocycles. The van der Waals surface area contributed by atoms with E-state index in [9.17, 15) is 33.9 Å². The SMILES string of the molecule is CC(C)CC(NC(=O)C(CCC(N)=O)NC(=O)C1CCCN1C(=O)C(N)CC(N)=O)C(=O)O. The molecule has 4 unspecified atom stereocenters. The summed E-state index contributed by atoms with van der Waals surface area (Å²) in [5.41, 5.74) is 16.0. The number of carbonyl (C=O) groups is 6. The third-order valence-electron chi connectivity index (χ3n) is 5.21. The maximum absolute atomic E-state index is 12.9. The number of carboxylic acids is 1. The van der Waals surface area contributed by atoms with Crippen LogP contribution in [0.1, 0.15) is 52.4 Å². The lowest BCUT2D eigenvalue weighted by molar-refractivity contribution is -0.143. The predicted octanol–water partition coefficient (Wildman–Crippen LogP) is -2.45. The number of nitrogens with zero attached hydrogens (tertiary/aromatic N) is 1. The Labute approximate surface area is 191 Å². The van der Waals surface area contributed by atoms with Gasteiger partial charge in [-0.2, -0.15) is 0 Å². The number of rotatable bonds is 13. The zero-order valence-corrected chi connectivity index (χ0v) is 18.9. The van der Waals surface area contributed by atoms with Crippen molar-refractivity contribution in [3.05, 3.63) is 0 Å². The molecule has 0 aromatic carbocycles. The normalized spacial score (nSPS) is 18.3. The van der Waals surface area contributed by atoms with E-state index in [0.29, 0.717) is 12.8 Å². The van der Waals surface area contributed by atoms with Crippen molar-refractivity contribution in [1.82, 2.24) is 15.5 Å². The maximum Gasteiger partial charge on any atom is 0.326 e. The molecular weight excluding hydrogens is 436 g/mol. The van der Waals surface area contributed by atoms with Gasteiger partial charge in [0.15, 0.2) is 0 Å². The van der Waals surface area contributed by atoms with Crippen LogP contribution in [0.3, 0.4) is 0 Å². The van der Waals surface area contributed by atoms with E-state index in [0.717, 1.165) is 0 Å². The minimum atomic E-state index is -1.24. The smallest absolute Gasteiger partial charge is 0.326 e. The molecule has 0 radical (unpaired) electrons. The molecule has 1 aliphatic rings. The van der Waals surface area contributed by atoms with Crippen LogP contribution in [-0.4, -0.2) is 76.2 Å². The van der Waals surface area contributed by atoms with Gasteiger partial charge >= 0.3 is 5.97 Å². The molecule has 0 spiro atoms. The van der Waals surface area contributed by atoms with E-state index in [-0.39, 0.29) is 38.1 Å². The highest BCUT2D eigenvalue weighted by molar-refractivity contribution is 5.95. The van der Waals surface area contributed by atoms with Gasteiger partial charge in [0, 0.05) is 13.0 Å². The number of nitrogens with two attached hydrogens (primary N) is 3. The summed E-state index contributed by atoms with van der Waals surface area (Å²) in [6.45, 7) is 3.82. The summed E-state index contributed by atoms with van der Waals surface area (Å²) in [4.78, 5) is 73.2. The molecular formula is C20H34N6O7. The van der Waals surface area contributed by atoms with Crippen molar-refractivity contribution in [1.29, 1.82) is 0 Å². The van der Waals surface area contributed by atoms with Crippen LogP contribution in [0.4, 0.5) is 0 Å². The van der Waals surface area contributed by atoms with Crippen LogP contribution in [0.25, 0.3) is 0 Å². The van der Waals surface area contributed by atoms with E-state index < -0.39 is 59.7 Å². The molecule has 0 aromatic rings. The van der Waals surface area contributed by atoms with Gasteiger partial charge in [-0.25, -0.2) is 4.79 Å². The van der Waals surface area contributed by atoms with Crippen LogP contribution in [0.5, 0.6) is 0 Å². The fourth-order valence-corrected chi connectivity index (χ4v) is 3.61. The van der Waals surface area contributed by atoms with E-state index in [1.807, 2.05) is 0 Å². The van der Waals surface area contributed by atoms with Crippen molar-refractivity contribution in [2.75, 3.05) is 6.54 Å². The number of primary amides is 2. The molecule has 186 valence electrons. The Morgan fingerprint density at radius 1 is 1.03 bits per heavy atom. The summed E-state index contributed by atoms with van der Waals surface area (Å²) in [6, 6.07) is -4.55. The highest BCUT2D eigenvalue weighted by atomic mass is 16.4. The maximum atomic E-state index is 12.9. The molecule has 4 atom stereocenters. The van der Waals surface area contributed by atoms with Crippen LogP contribution in [0.15, 0.2) is 0 Å². The minimum absolute atomic E-state index is 0.0206. The summed E-state index contributed by atoms with van der Waals surface area (Å²) in [5, 5.41) is 14.3. The average Bonchev–Trinajstić information content (AvgIpc) is 3.18. The van der Waals surface area contributed by atoms with Crippen molar-refractivity contribution in [2.24, 2.45) is 23.1 Å². The van der Waals surface area contributed by atoms with Crippen LogP contribution in [0, 0.1) is 5.92 Å². The summed E-state index contributed by atoms with van der Waals surface area (Å²) in [7, 11) is 0. The standard InChI is InChI=1S/C20H34N6O7/c1-10(2)8-13(20(32)33)25-17(29)12(5-6-15(22)27)24-18(30)14-4-3-7-26(14)19(31)11(21)9-16(23)28/h10-14H,3-9,21H2,1-2H3,(H2,22,27)(H2,23,28)(H,24,30)(H,25,29)(H,32,33). The largest absolute Gasteiger partial charge is 0.480 e. The Morgan fingerprint density at radius 2 is 1.67 bits per heavy atom. The summed E-state index contributed by atoms with van der Waals surface area (Å²) in [6.07, 6.45) is 0.219. The van der Waals surface area contributed by atoms with Gasteiger partial charge in [0.25, 0.3) is 0 Å². The Hall–Kier alpha value is -3.22. The van der Waals surface area contributed by atoms with Crippen LogP contribution >= 0.6 is 0 Å². The molecule has 0 aromatic heterocycles. The lowest BCUT2D eigenvalue weighted by atomic mass is 10.0. The fraction of sp³-hybridized carbons (Fsp3) is 0.700. The number of nitrogens with one attached hydrogen (secondary N) is 2. The first-order chi connectivity index (χ1) is 15.3. The average molecular weight is 471 g/mol. The molecule has 13 heteroatoms. The van der Waals surface area contributed by atoms with E-state index in [2.05, 4.69) is 10.6 Å². The quantitative estimate of drug-likeness (QED) is 0.169.